The zero-order valence-corrected chi connectivity index (χ0v) is 7.83. The zero-order chi connectivity index (χ0) is 8.97. The van der Waals surface area contributed by atoms with Crippen molar-refractivity contribution in [3.05, 3.63) is 24.3 Å². The Labute approximate surface area is 74.1 Å². The quantitative estimate of drug-likeness (QED) is 0.606. The van der Waals surface area contributed by atoms with Crippen molar-refractivity contribution in [3.8, 4) is 0 Å². The van der Waals surface area contributed by atoms with Crippen molar-refractivity contribution < 1.29 is 4.58 Å². The third-order valence-corrected chi connectivity index (χ3v) is 2.11. The highest BCUT2D eigenvalue weighted by atomic mass is 15.0. The molecular formula is C10H17N2+. The highest BCUT2D eigenvalue weighted by molar-refractivity contribution is 6.01. The van der Waals surface area contributed by atoms with Crippen LogP contribution in [0.2, 0.25) is 0 Å². The van der Waals surface area contributed by atoms with Crippen molar-refractivity contribution in [3.63, 3.8) is 0 Å². The first-order valence-electron chi connectivity index (χ1n) is 4.51. The van der Waals surface area contributed by atoms with Gasteiger partial charge in [0.1, 0.15) is 13.1 Å². The number of rotatable bonds is 2. The van der Waals surface area contributed by atoms with Crippen LogP contribution in [0.5, 0.6) is 0 Å². The van der Waals surface area contributed by atoms with Gasteiger partial charge in [0.15, 0.2) is 5.71 Å². The summed E-state index contributed by atoms with van der Waals surface area (Å²) in [7, 11) is 0. The molecule has 2 heteroatoms. The first-order valence-corrected chi connectivity index (χ1v) is 4.51. The van der Waals surface area contributed by atoms with Crippen LogP contribution in [0.4, 0.5) is 0 Å². The van der Waals surface area contributed by atoms with Crippen LogP contribution in [-0.2, 0) is 0 Å². The molecule has 1 aliphatic rings. The Morgan fingerprint density at radius 3 is 2.17 bits per heavy atom. The van der Waals surface area contributed by atoms with E-state index in [9.17, 15) is 0 Å². The highest BCUT2D eigenvalue weighted by Gasteiger charge is 2.08. The molecule has 0 heterocycles. The van der Waals surface area contributed by atoms with E-state index in [1.165, 1.54) is 5.71 Å². The van der Waals surface area contributed by atoms with Crippen LogP contribution in [0.1, 0.15) is 13.8 Å². The lowest BCUT2D eigenvalue weighted by atomic mass is 10.1. The van der Waals surface area contributed by atoms with Crippen LogP contribution >= 0.6 is 0 Å². The van der Waals surface area contributed by atoms with Crippen LogP contribution in [0.15, 0.2) is 24.3 Å². The smallest absolute Gasteiger partial charge is 0.199 e. The van der Waals surface area contributed by atoms with Crippen LogP contribution < -0.4 is 5.73 Å². The summed E-state index contributed by atoms with van der Waals surface area (Å²) in [4.78, 5) is 0. The number of hydrogen-bond donors (Lipinski definition) is 1. The molecule has 12 heavy (non-hydrogen) atoms. The molecule has 0 atom stereocenters. The molecule has 0 aliphatic heterocycles. The Bertz CT molecular complexity index is 214. The Morgan fingerprint density at radius 2 is 1.75 bits per heavy atom. The predicted octanol–water partition coefficient (Wildman–Crippen LogP) is 0.933. The van der Waals surface area contributed by atoms with Crippen LogP contribution in [0.25, 0.3) is 0 Å². The Balaban J connectivity index is 2.82. The largest absolute Gasteiger partial charge is 0.321 e. The first-order chi connectivity index (χ1) is 5.77. The molecule has 0 bridgehead atoms. The van der Waals surface area contributed by atoms with Gasteiger partial charge < -0.3 is 5.73 Å². The SMILES string of the molecule is CC[N+](CC)=C1C=CC(N)C=C1. The van der Waals surface area contributed by atoms with Crippen LogP contribution in [0, 0.1) is 0 Å². The third kappa shape index (κ3) is 2.05. The van der Waals surface area contributed by atoms with E-state index < -0.39 is 0 Å². The lowest BCUT2D eigenvalue weighted by Gasteiger charge is -2.06. The number of hydrogen-bond acceptors (Lipinski definition) is 1. The molecule has 1 rings (SSSR count). The molecular weight excluding hydrogens is 148 g/mol. The van der Waals surface area contributed by atoms with Crippen LogP contribution in [0.3, 0.4) is 0 Å². The summed E-state index contributed by atoms with van der Waals surface area (Å²) in [6.07, 6.45) is 8.23. The lowest BCUT2D eigenvalue weighted by molar-refractivity contribution is -0.519. The minimum absolute atomic E-state index is 0.101. The van der Waals surface area contributed by atoms with Gasteiger partial charge in [0.05, 0.1) is 0 Å². The van der Waals surface area contributed by atoms with Gasteiger partial charge in [0, 0.05) is 18.2 Å². The molecule has 0 spiro atoms. The summed E-state index contributed by atoms with van der Waals surface area (Å²) >= 11 is 0. The zero-order valence-electron chi connectivity index (χ0n) is 7.83. The summed E-state index contributed by atoms with van der Waals surface area (Å²) in [5, 5.41) is 0. The molecule has 0 saturated heterocycles. The van der Waals surface area contributed by atoms with Gasteiger partial charge >= 0.3 is 0 Å². The molecule has 66 valence electrons. The predicted molar refractivity (Wildman–Crippen MR) is 52.6 cm³/mol. The second kappa shape index (κ2) is 4.21. The minimum Gasteiger partial charge on any atom is -0.321 e. The van der Waals surface area contributed by atoms with Gasteiger partial charge in [-0.25, -0.2) is 4.58 Å². The standard InChI is InChI=1S/C10H17N2/c1-3-12(4-2)10-7-5-9(11)6-8-10/h5-9H,3-4,11H2,1-2H3/q+1. The van der Waals surface area contributed by atoms with Gasteiger partial charge in [-0.15, -0.1) is 0 Å². The van der Waals surface area contributed by atoms with Gasteiger partial charge in [-0.1, -0.05) is 12.2 Å². The van der Waals surface area contributed by atoms with E-state index in [0.29, 0.717) is 0 Å². The maximum atomic E-state index is 5.67. The molecule has 0 fully saturated rings. The summed E-state index contributed by atoms with van der Waals surface area (Å²) in [6, 6.07) is 0.101. The van der Waals surface area contributed by atoms with E-state index >= 15 is 0 Å². The maximum Gasteiger partial charge on any atom is 0.199 e. The van der Waals surface area contributed by atoms with E-state index in [4.69, 9.17) is 5.73 Å². The van der Waals surface area contributed by atoms with Gasteiger partial charge in [-0.05, 0) is 13.8 Å². The fourth-order valence-corrected chi connectivity index (χ4v) is 1.34. The van der Waals surface area contributed by atoms with Crippen molar-refractivity contribution in [1.29, 1.82) is 0 Å². The number of nitrogens with zero attached hydrogens (tertiary/aromatic N) is 1. The molecule has 1 aliphatic carbocycles. The van der Waals surface area contributed by atoms with Gasteiger partial charge in [0.2, 0.25) is 0 Å². The molecule has 0 saturated carbocycles. The van der Waals surface area contributed by atoms with Crippen molar-refractivity contribution in [1.82, 2.24) is 0 Å². The Kier molecular flexibility index (Phi) is 3.23. The van der Waals surface area contributed by atoms with Crippen LogP contribution in [-0.4, -0.2) is 29.4 Å². The molecule has 2 nitrogen and oxygen atoms in total. The topological polar surface area (TPSA) is 29.0 Å². The van der Waals surface area contributed by atoms with Crippen molar-refractivity contribution in [2.75, 3.05) is 13.1 Å². The first kappa shape index (κ1) is 9.20. The summed E-state index contributed by atoms with van der Waals surface area (Å²) < 4.78 is 2.30. The van der Waals surface area contributed by atoms with E-state index in [2.05, 4.69) is 30.6 Å². The highest BCUT2D eigenvalue weighted by Crippen LogP contribution is 1.97. The second-order valence-corrected chi connectivity index (χ2v) is 2.89. The molecule has 0 aromatic heterocycles. The summed E-state index contributed by atoms with van der Waals surface area (Å²) in [6.45, 7) is 6.42. The van der Waals surface area contributed by atoms with Crippen molar-refractivity contribution in [2.45, 2.75) is 19.9 Å². The van der Waals surface area contributed by atoms with Gasteiger partial charge in [-0.2, -0.15) is 0 Å². The molecule has 0 unspecified atom stereocenters. The van der Waals surface area contributed by atoms with Crippen molar-refractivity contribution >= 4 is 5.71 Å². The van der Waals surface area contributed by atoms with Crippen molar-refractivity contribution in [2.24, 2.45) is 5.73 Å². The lowest BCUT2D eigenvalue weighted by Crippen LogP contribution is -2.23. The van der Waals surface area contributed by atoms with E-state index in [-0.39, 0.29) is 6.04 Å². The molecule has 0 radical (unpaired) electrons. The van der Waals surface area contributed by atoms with Gasteiger partial charge in [-0.3, -0.25) is 0 Å². The van der Waals surface area contributed by atoms with E-state index in [0.717, 1.165) is 13.1 Å². The fraction of sp³-hybridized carbons (Fsp3) is 0.500. The normalized spacial score (nSPS) is 21.6. The fourth-order valence-electron chi connectivity index (χ4n) is 1.34. The summed E-state index contributed by atoms with van der Waals surface area (Å²) in [5.41, 5.74) is 6.94. The summed E-state index contributed by atoms with van der Waals surface area (Å²) in [5.74, 6) is 0. The molecule has 0 aromatic rings. The van der Waals surface area contributed by atoms with E-state index in [1.807, 2.05) is 12.2 Å². The molecule has 2 N–H and O–H groups in total. The molecule has 0 amide bonds. The third-order valence-electron chi connectivity index (χ3n) is 2.11. The van der Waals surface area contributed by atoms with E-state index in [1.54, 1.807) is 0 Å². The van der Waals surface area contributed by atoms with Gasteiger partial charge in [0.25, 0.3) is 0 Å². The number of nitrogens with two attached hydrogens (primary N) is 1. The Hall–Kier alpha value is -0.890. The monoisotopic (exact) mass is 165 g/mol. The Morgan fingerprint density at radius 1 is 1.25 bits per heavy atom. The average Bonchev–Trinajstić information content (AvgIpc) is 2.10. The minimum atomic E-state index is 0.101. The second-order valence-electron chi connectivity index (χ2n) is 2.89. The number of allylic oxidation sites excluding steroid dienone is 2. The average molecular weight is 165 g/mol. The molecule has 0 aromatic carbocycles. The maximum absolute atomic E-state index is 5.67.